The lowest BCUT2D eigenvalue weighted by Gasteiger charge is -2.10. The second kappa shape index (κ2) is 5.17. The van der Waals surface area contributed by atoms with E-state index >= 15 is 0 Å². The molecule has 0 amide bonds. The van der Waals surface area contributed by atoms with E-state index in [0.717, 1.165) is 0 Å². The first-order valence-corrected chi connectivity index (χ1v) is 7.71. The van der Waals surface area contributed by atoms with Crippen molar-refractivity contribution in [2.24, 2.45) is 0 Å². The second-order valence-electron chi connectivity index (χ2n) is 4.60. The predicted molar refractivity (Wildman–Crippen MR) is 75.8 cm³/mol. The number of phenolic OH excluding ortho intramolecular Hbond substituents is 2. The molecule has 2 aromatic rings. The number of hydrogen-bond donors (Lipinski definition) is 2. The van der Waals surface area contributed by atoms with Gasteiger partial charge in [-0.2, -0.15) is 0 Å². The standard InChI is InChI=1S/C15H16O4S/c1-3-11-9-14(8-10(2)15(11)17)20(18,19)13-6-4-12(16)5-7-13/h4-9,16-17H,3H2,1-2H3. The average molecular weight is 292 g/mol. The molecule has 0 fully saturated rings. The molecule has 0 saturated carbocycles. The molecule has 2 N–H and O–H groups in total. The molecule has 0 saturated heterocycles. The fraction of sp³-hybridized carbons (Fsp3) is 0.200. The van der Waals surface area contributed by atoms with Crippen LogP contribution in [0.3, 0.4) is 0 Å². The zero-order chi connectivity index (χ0) is 14.9. The molecular weight excluding hydrogens is 276 g/mol. The molecule has 0 unspecified atom stereocenters. The molecule has 2 rings (SSSR count). The Hall–Kier alpha value is -2.01. The molecule has 0 heterocycles. The van der Waals surface area contributed by atoms with Crippen LogP contribution in [-0.4, -0.2) is 18.6 Å². The van der Waals surface area contributed by atoms with Crippen molar-refractivity contribution < 1.29 is 18.6 Å². The Kier molecular flexibility index (Phi) is 3.72. The molecule has 0 bridgehead atoms. The molecule has 0 aliphatic heterocycles. The second-order valence-corrected chi connectivity index (χ2v) is 6.55. The normalized spacial score (nSPS) is 11.5. The van der Waals surface area contributed by atoms with Crippen LogP contribution in [0.4, 0.5) is 0 Å². The summed E-state index contributed by atoms with van der Waals surface area (Å²) < 4.78 is 25.0. The summed E-state index contributed by atoms with van der Waals surface area (Å²) in [6.07, 6.45) is 0.547. The summed E-state index contributed by atoms with van der Waals surface area (Å²) in [7, 11) is -3.65. The van der Waals surface area contributed by atoms with E-state index in [9.17, 15) is 18.6 Å². The quantitative estimate of drug-likeness (QED) is 0.912. The van der Waals surface area contributed by atoms with Crippen LogP contribution in [0.1, 0.15) is 18.1 Å². The van der Waals surface area contributed by atoms with Gasteiger partial charge in [-0.15, -0.1) is 0 Å². The SMILES string of the molecule is CCc1cc(S(=O)(=O)c2ccc(O)cc2)cc(C)c1O. The largest absolute Gasteiger partial charge is 0.508 e. The first-order valence-electron chi connectivity index (χ1n) is 6.23. The number of sulfone groups is 1. The van der Waals surface area contributed by atoms with E-state index in [0.29, 0.717) is 17.5 Å². The third-order valence-electron chi connectivity index (χ3n) is 3.19. The molecule has 0 atom stereocenters. The highest BCUT2D eigenvalue weighted by Gasteiger charge is 2.20. The van der Waals surface area contributed by atoms with Crippen LogP contribution in [0.5, 0.6) is 11.5 Å². The molecule has 0 aliphatic rings. The summed E-state index contributed by atoms with van der Waals surface area (Å²) in [4.78, 5) is 0.262. The van der Waals surface area contributed by atoms with Gasteiger partial charge in [0.25, 0.3) is 0 Å². The Morgan fingerprint density at radius 1 is 1.00 bits per heavy atom. The van der Waals surface area contributed by atoms with Gasteiger partial charge in [-0.3, -0.25) is 0 Å². The van der Waals surface area contributed by atoms with Gasteiger partial charge in [0.05, 0.1) is 9.79 Å². The van der Waals surface area contributed by atoms with Crippen LogP contribution >= 0.6 is 0 Å². The minimum atomic E-state index is -3.65. The smallest absolute Gasteiger partial charge is 0.206 e. The molecule has 0 aromatic heterocycles. The molecule has 20 heavy (non-hydrogen) atoms. The van der Waals surface area contributed by atoms with Gasteiger partial charge in [0.15, 0.2) is 0 Å². The first kappa shape index (κ1) is 14.4. The highest BCUT2D eigenvalue weighted by molar-refractivity contribution is 7.91. The first-order chi connectivity index (χ1) is 9.36. The van der Waals surface area contributed by atoms with Crippen LogP contribution in [0.25, 0.3) is 0 Å². The van der Waals surface area contributed by atoms with Crippen molar-refractivity contribution in [3.8, 4) is 11.5 Å². The number of phenols is 2. The lowest BCUT2D eigenvalue weighted by molar-refractivity contribution is 0.464. The van der Waals surface area contributed by atoms with Crippen molar-refractivity contribution >= 4 is 9.84 Å². The maximum absolute atomic E-state index is 12.5. The van der Waals surface area contributed by atoms with Crippen LogP contribution in [0.15, 0.2) is 46.2 Å². The van der Waals surface area contributed by atoms with Crippen molar-refractivity contribution in [3.05, 3.63) is 47.5 Å². The molecule has 106 valence electrons. The lowest BCUT2D eigenvalue weighted by Crippen LogP contribution is -2.03. The molecule has 0 radical (unpaired) electrons. The summed E-state index contributed by atoms with van der Waals surface area (Å²) >= 11 is 0. The Balaban J connectivity index is 2.60. The predicted octanol–water partition coefficient (Wildman–Crippen LogP) is 2.80. The van der Waals surface area contributed by atoms with Gasteiger partial charge in [-0.05, 0) is 60.9 Å². The van der Waals surface area contributed by atoms with Gasteiger partial charge in [-0.1, -0.05) is 6.92 Å². The Labute approximate surface area is 118 Å². The number of aromatic hydroxyl groups is 2. The van der Waals surface area contributed by atoms with E-state index in [2.05, 4.69) is 0 Å². The van der Waals surface area contributed by atoms with Crippen LogP contribution in [-0.2, 0) is 16.3 Å². The minimum Gasteiger partial charge on any atom is -0.508 e. The van der Waals surface area contributed by atoms with E-state index in [-0.39, 0.29) is 21.3 Å². The summed E-state index contributed by atoms with van der Waals surface area (Å²) in [5.41, 5.74) is 1.13. The number of aryl methyl sites for hydroxylation is 2. The topological polar surface area (TPSA) is 74.6 Å². The Morgan fingerprint density at radius 2 is 1.60 bits per heavy atom. The number of rotatable bonds is 3. The van der Waals surface area contributed by atoms with Gasteiger partial charge < -0.3 is 10.2 Å². The molecular formula is C15H16O4S. The highest BCUT2D eigenvalue weighted by atomic mass is 32.2. The zero-order valence-electron chi connectivity index (χ0n) is 11.3. The fourth-order valence-corrected chi connectivity index (χ4v) is 3.40. The average Bonchev–Trinajstić information content (AvgIpc) is 2.42. The minimum absolute atomic E-state index is 0.0140. The Morgan fingerprint density at radius 3 is 2.15 bits per heavy atom. The van der Waals surface area contributed by atoms with E-state index in [1.807, 2.05) is 6.92 Å². The maximum Gasteiger partial charge on any atom is 0.206 e. The summed E-state index contributed by atoms with van der Waals surface area (Å²) in [5, 5.41) is 19.1. The summed E-state index contributed by atoms with van der Waals surface area (Å²) in [6, 6.07) is 8.33. The van der Waals surface area contributed by atoms with Crippen molar-refractivity contribution in [3.63, 3.8) is 0 Å². The van der Waals surface area contributed by atoms with E-state index in [4.69, 9.17) is 0 Å². The van der Waals surface area contributed by atoms with Crippen LogP contribution in [0.2, 0.25) is 0 Å². The van der Waals surface area contributed by atoms with Crippen LogP contribution < -0.4 is 0 Å². The monoisotopic (exact) mass is 292 g/mol. The fourth-order valence-electron chi connectivity index (χ4n) is 2.00. The molecule has 2 aromatic carbocycles. The van der Waals surface area contributed by atoms with Gasteiger partial charge in [0, 0.05) is 0 Å². The summed E-state index contributed by atoms with van der Waals surface area (Å²) in [5.74, 6) is 0.150. The van der Waals surface area contributed by atoms with Crippen molar-refractivity contribution in [2.45, 2.75) is 30.1 Å². The maximum atomic E-state index is 12.5. The summed E-state index contributed by atoms with van der Waals surface area (Å²) in [6.45, 7) is 3.52. The zero-order valence-corrected chi connectivity index (χ0v) is 12.1. The van der Waals surface area contributed by atoms with Gasteiger partial charge in [0.2, 0.25) is 9.84 Å². The highest BCUT2D eigenvalue weighted by Crippen LogP contribution is 2.30. The van der Waals surface area contributed by atoms with Crippen molar-refractivity contribution in [1.29, 1.82) is 0 Å². The molecule has 0 spiro atoms. The number of hydrogen-bond acceptors (Lipinski definition) is 4. The van der Waals surface area contributed by atoms with Crippen molar-refractivity contribution in [1.82, 2.24) is 0 Å². The van der Waals surface area contributed by atoms with Crippen molar-refractivity contribution in [2.75, 3.05) is 0 Å². The van der Waals surface area contributed by atoms with Crippen LogP contribution in [0, 0.1) is 6.92 Å². The van der Waals surface area contributed by atoms with Gasteiger partial charge >= 0.3 is 0 Å². The van der Waals surface area contributed by atoms with Gasteiger partial charge in [-0.25, -0.2) is 8.42 Å². The number of benzene rings is 2. The lowest BCUT2D eigenvalue weighted by atomic mass is 10.1. The van der Waals surface area contributed by atoms with E-state index in [1.165, 1.54) is 36.4 Å². The van der Waals surface area contributed by atoms with Gasteiger partial charge in [0.1, 0.15) is 11.5 Å². The van der Waals surface area contributed by atoms with E-state index in [1.54, 1.807) is 6.92 Å². The third kappa shape index (κ3) is 2.49. The van der Waals surface area contributed by atoms with E-state index < -0.39 is 9.84 Å². The molecule has 4 nitrogen and oxygen atoms in total. The third-order valence-corrected chi connectivity index (χ3v) is 4.94. The molecule has 0 aliphatic carbocycles. The molecule has 5 heteroatoms. The Bertz CT molecular complexity index is 731.